The molecule has 3 nitrogen and oxygen atoms in total. The van der Waals surface area contributed by atoms with Crippen LogP contribution in [0.3, 0.4) is 0 Å². The highest BCUT2D eigenvalue weighted by Crippen LogP contribution is 2.36. The van der Waals surface area contributed by atoms with E-state index in [1.54, 1.807) is 6.07 Å². The van der Waals surface area contributed by atoms with Crippen molar-refractivity contribution in [3.63, 3.8) is 0 Å². The van der Waals surface area contributed by atoms with Crippen molar-refractivity contribution in [3.05, 3.63) is 84.6 Å². The van der Waals surface area contributed by atoms with E-state index in [0.717, 1.165) is 33.2 Å². The highest BCUT2D eigenvalue weighted by Gasteiger charge is 2.14. The summed E-state index contributed by atoms with van der Waals surface area (Å²) in [5.41, 5.74) is 11.3. The molecular formula is C21H16N2O. The van der Waals surface area contributed by atoms with E-state index in [4.69, 9.17) is 5.73 Å². The van der Waals surface area contributed by atoms with E-state index in [1.165, 1.54) is 0 Å². The monoisotopic (exact) mass is 312 g/mol. The molecule has 1 amide bonds. The van der Waals surface area contributed by atoms with E-state index < -0.39 is 5.91 Å². The molecule has 24 heavy (non-hydrogen) atoms. The summed E-state index contributed by atoms with van der Waals surface area (Å²) in [5, 5.41) is 0.995. The highest BCUT2D eigenvalue weighted by atomic mass is 16.1. The lowest BCUT2D eigenvalue weighted by molar-refractivity contribution is 0.100. The number of benzene rings is 3. The number of aromatic amines is 1. The molecule has 0 aliphatic carbocycles. The first kappa shape index (κ1) is 14.3. The Bertz CT molecular complexity index is 1030. The Morgan fingerprint density at radius 2 is 1.46 bits per heavy atom. The zero-order valence-corrected chi connectivity index (χ0v) is 13.0. The van der Waals surface area contributed by atoms with Gasteiger partial charge in [0.05, 0.1) is 11.1 Å². The Balaban J connectivity index is 1.97. The number of fused-ring (bicyclic) bond motifs is 1. The van der Waals surface area contributed by atoms with Crippen molar-refractivity contribution in [2.75, 3.05) is 0 Å². The number of carbonyl (C=O) groups is 1. The van der Waals surface area contributed by atoms with Gasteiger partial charge in [-0.05, 0) is 22.8 Å². The first-order valence-electron chi connectivity index (χ1n) is 7.80. The van der Waals surface area contributed by atoms with Crippen molar-refractivity contribution in [2.45, 2.75) is 0 Å². The summed E-state index contributed by atoms with van der Waals surface area (Å²) in [6.07, 6.45) is 1.94. The minimum Gasteiger partial charge on any atom is -0.366 e. The molecule has 3 aromatic carbocycles. The third-order valence-electron chi connectivity index (χ3n) is 4.28. The molecule has 0 bridgehead atoms. The Morgan fingerprint density at radius 1 is 0.750 bits per heavy atom. The molecular weight excluding hydrogens is 296 g/mol. The minimum absolute atomic E-state index is 0.426. The maximum absolute atomic E-state index is 11.7. The smallest absolute Gasteiger partial charge is 0.250 e. The summed E-state index contributed by atoms with van der Waals surface area (Å²) >= 11 is 0. The molecule has 0 unspecified atom stereocenters. The van der Waals surface area contributed by atoms with Crippen molar-refractivity contribution in [1.82, 2.24) is 4.98 Å². The van der Waals surface area contributed by atoms with Crippen molar-refractivity contribution in [1.29, 1.82) is 0 Å². The lowest BCUT2D eigenvalue weighted by Gasteiger charge is -2.09. The highest BCUT2D eigenvalue weighted by molar-refractivity contribution is 6.09. The average molecular weight is 312 g/mol. The van der Waals surface area contributed by atoms with Gasteiger partial charge in [-0.25, -0.2) is 0 Å². The van der Waals surface area contributed by atoms with Crippen molar-refractivity contribution < 1.29 is 4.79 Å². The predicted molar refractivity (Wildman–Crippen MR) is 97.7 cm³/mol. The standard InChI is InChI=1S/C21H16N2O/c22-21(24)18-12-6-11-17-19(13-23-20(17)18)16-10-5-4-9-15(16)14-7-2-1-3-8-14/h1-13,23H,(H2,22,24). The Hall–Kier alpha value is -3.33. The SMILES string of the molecule is NC(=O)c1cccc2c(-c3ccccc3-c3ccccc3)c[nH]c12. The van der Waals surface area contributed by atoms with Crippen LogP contribution in [0, 0.1) is 0 Å². The van der Waals surface area contributed by atoms with Crippen LogP contribution < -0.4 is 5.73 Å². The largest absolute Gasteiger partial charge is 0.366 e. The van der Waals surface area contributed by atoms with Gasteiger partial charge in [-0.2, -0.15) is 0 Å². The fourth-order valence-electron chi connectivity index (χ4n) is 3.17. The zero-order valence-electron chi connectivity index (χ0n) is 13.0. The van der Waals surface area contributed by atoms with Gasteiger partial charge >= 0.3 is 0 Å². The molecule has 0 saturated heterocycles. The fourth-order valence-corrected chi connectivity index (χ4v) is 3.17. The lowest BCUT2D eigenvalue weighted by atomic mass is 9.94. The summed E-state index contributed by atoms with van der Waals surface area (Å²) < 4.78 is 0. The molecule has 0 radical (unpaired) electrons. The quantitative estimate of drug-likeness (QED) is 0.570. The zero-order chi connectivity index (χ0) is 16.5. The Morgan fingerprint density at radius 3 is 2.21 bits per heavy atom. The van der Waals surface area contributed by atoms with Gasteiger partial charge in [0.1, 0.15) is 0 Å². The predicted octanol–water partition coefficient (Wildman–Crippen LogP) is 4.60. The minimum atomic E-state index is -0.426. The number of hydrogen-bond acceptors (Lipinski definition) is 1. The number of amides is 1. The Kier molecular flexibility index (Phi) is 3.39. The van der Waals surface area contributed by atoms with Crippen molar-refractivity contribution in [3.8, 4) is 22.3 Å². The molecule has 3 heteroatoms. The van der Waals surface area contributed by atoms with Gasteiger partial charge < -0.3 is 10.7 Å². The van der Waals surface area contributed by atoms with E-state index in [9.17, 15) is 4.79 Å². The van der Waals surface area contributed by atoms with Crippen LogP contribution in [-0.2, 0) is 0 Å². The van der Waals surface area contributed by atoms with Gasteiger partial charge in [-0.3, -0.25) is 4.79 Å². The maximum Gasteiger partial charge on any atom is 0.250 e. The molecule has 1 aromatic heterocycles. The molecule has 0 fully saturated rings. The summed E-state index contributed by atoms with van der Waals surface area (Å²) in [6.45, 7) is 0. The van der Waals surface area contributed by atoms with Crippen LogP contribution in [0.1, 0.15) is 10.4 Å². The molecule has 0 saturated carbocycles. The number of rotatable bonds is 3. The number of nitrogens with two attached hydrogens (primary N) is 1. The fraction of sp³-hybridized carbons (Fsp3) is 0. The average Bonchev–Trinajstić information content (AvgIpc) is 3.06. The number of primary amides is 1. The second kappa shape index (κ2) is 5.70. The van der Waals surface area contributed by atoms with Crippen LogP contribution in [0.5, 0.6) is 0 Å². The molecule has 3 N–H and O–H groups in total. The van der Waals surface area contributed by atoms with Gasteiger partial charge in [0.2, 0.25) is 0 Å². The van der Waals surface area contributed by atoms with Crippen LogP contribution >= 0.6 is 0 Å². The number of carbonyl (C=O) groups excluding carboxylic acids is 1. The number of nitrogens with one attached hydrogen (secondary N) is 1. The first-order valence-corrected chi connectivity index (χ1v) is 7.80. The number of para-hydroxylation sites is 1. The molecule has 4 aromatic rings. The second-order valence-electron chi connectivity index (χ2n) is 5.71. The number of aromatic nitrogens is 1. The van der Waals surface area contributed by atoms with Gasteiger partial charge in [-0.15, -0.1) is 0 Å². The molecule has 116 valence electrons. The molecule has 0 spiro atoms. The lowest BCUT2D eigenvalue weighted by Crippen LogP contribution is -2.11. The third kappa shape index (κ3) is 2.27. The normalized spacial score (nSPS) is 10.8. The Labute approximate surface area is 139 Å². The van der Waals surface area contributed by atoms with E-state index in [2.05, 4.69) is 29.2 Å². The van der Waals surface area contributed by atoms with Gasteiger partial charge in [0, 0.05) is 17.1 Å². The second-order valence-corrected chi connectivity index (χ2v) is 5.71. The van der Waals surface area contributed by atoms with Crippen LogP contribution in [0.15, 0.2) is 79.0 Å². The first-order chi connectivity index (χ1) is 11.8. The molecule has 4 rings (SSSR count). The maximum atomic E-state index is 11.7. The van der Waals surface area contributed by atoms with Gasteiger partial charge in [0.15, 0.2) is 0 Å². The van der Waals surface area contributed by atoms with Crippen LogP contribution in [0.4, 0.5) is 0 Å². The van der Waals surface area contributed by atoms with Gasteiger partial charge in [0.25, 0.3) is 5.91 Å². The summed E-state index contributed by atoms with van der Waals surface area (Å²) in [6, 6.07) is 24.2. The topological polar surface area (TPSA) is 58.9 Å². The third-order valence-corrected chi connectivity index (χ3v) is 4.28. The van der Waals surface area contributed by atoms with Crippen molar-refractivity contribution >= 4 is 16.8 Å². The van der Waals surface area contributed by atoms with Crippen molar-refractivity contribution in [2.24, 2.45) is 5.73 Å². The van der Waals surface area contributed by atoms with Crippen LogP contribution in [0.25, 0.3) is 33.2 Å². The summed E-state index contributed by atoms with van der Waals surface area (Å²) in [7, 11) is 0. The summed E-state index contributed by atoms with van der Waals surface area (Å²) in [4.78, 5) is 14.9. The summed E-state index contributed by atoms with van der Waals surface area (Å²) in [5.74, 6) is -0.426. The van der Waals surface area contributed by atoms with E-state index >= 15 is 0 Å². The molecule has 0 aliphatic heterocycles. The number of hydrogen-bond donors (Lipinski definition) is 2. The van der Waals surface area contributed by atoms with E-state index in [-0.39, 0.29) is 0 Å². The van der Waals surface area contributed by atoms with Crippen LogP contribution in [0.2, 0.25) is 0 Å². The van der Waals surface area contributed by atoms with E-state index in [0.29, 0.717) is 5.56 Å². The molecule has 0 atom stereocenters. The van der Waals surface area contributed by atoms with Crippen LogP contribution in [-0.4, -0.2) is 10.9 Å². The molecule has 1 heterocycles. The van der Waals surface area contributed by atoms with Gasteiger partial charge in [-0.1, -0.05) is 66.7 Å². The molecule has 0 aliphatic rings. The number of H-pyrrole nitrogens is 1. The van der Waals surface area contributed by atoms with E-state index in [1.807, 2.05) is 48.7 Å².